The van der Waals surface area contributed by atoms with E-state index >= 15 is 0 Å². The Morgan fingerprint density at radius 2 is 2.05 bits per heavy atom. The molecule has 0 fully saturated rings. The summed E-state index contributed by atoms with van der Waals surface area (Å²) < 4.78 is 29.0. The van der Waals surface area contributed by atoms with E-state index in [9.17, 15) is 8.78 Å². The van der Waals surface area contributed by atoms with Crippen LogP contribution in [0.15, 0.2) is 12.1 Å². The third kappa shape index (κ3) is 2.02. The van der Waals surface area contributed by atoms with Crippen LogP contribution in [-0.2, 0) is 13.0 Å². The van der Waals surface area contributed by atoms with Crippen molar-refractivity contribution in [1.29, 1.82) is 0 Å². The van der Waals surface area contributed by atoms with E-state index in [-0.39, 0.29) is 11.6 Å². The van der Waals surface area contributed by atoms with Gasteiger partial charge in [-0.1, -0.05) is 0 Å². The molecule has 3 rings (SSSR count). The average Bonchev–Trinajstić information content (AvgIpc) is 2.76. The number of hydrogen-bond acceptors (Lipinski definition) is 3. The molecule has 2 aromatic rings. The average molecular weight is 264 g/mol. The van der Waals surface area contributed by atoms with Crippen LogP contribution in [0.5, 0.6) is 0 Å². The molecule has 0 amide bonds. The Morgan fingerprint density at radius 3 is 2.84 bits per heavy atom. The standard InChI is InChI=1S/C13H14F2N4/c1-7-4-9(11(15)5-10(7)14)13-18-17-12-3-2-8(16)6-19(12)13/h4-5,8H,2-3,6,16H2,1H3. The molecule has 1 unspecified atom stereocenters. The number of aromatic nitrogens is 3. The highest BCUT2D eigenvalue weighted by atomic mass is 19.1. The maximum Gasteiger partial charge on any atom is 0.166 e. The molecule has 1 aliphatic heterocycles. The molecule has 1 aliphatic rings. The van der Waals surface area contributed by atoms with E-state index in [0.29, 0.717) is 17.9 Å². The van der Waals surface area contributed by atoms with Gasteiger partial charge < -0.3 is 10.3 Å². The minimum Gasteiger partial charge on any atom is -0.326 e. The lowest BCUT2D eigenvalue weighted by Gasteiger charge is -2.21. The molecule has 0 radical (unpaired) electrons. The van der Waals surface area contributed by atoms with Crippen LogP contribution < -0.4 is 5.73 Å². The summed E-state index contributed by atoms with van der Waals surface area (Å²) in [5, 5.41) is 8.09. The highest BCUT2D eigenvalue weighted by molar-refractivity contribution is 5.58. The van der Waals surface area contributed by atoms with E-state index in [1.54, 1.807) is 6.92 Å². The molecule has 1 aromatic carbocycles. The fourth-order valence-electron chi connectivity index (χ4n) is 2.38. The molecular weight excluding hydrogens is 250 g/mol. The highest BCUT2D eigenvalue weighted by Crippen LogP contribution is 2.26. The number of nitrogens with two attached hydrogens (primary N) is 1. The SMILES string of the molecule is Cc1cc(-c2nnc3n2CC(N)CC3)c(F)cc1F. The van der Waals surface area contributed by atoms with E-state index < -0.39 is 11.6 Å². The van der Waals surface area contributed by atoms with E-state index in [1.165, 1.54) is 6.07 Å². The van der Waals surface area contributed by atoms with Crippen LogP contribution in [-0.4, -0.2) is 20.8 Å². The Bertz CT molecular complexity index is 636. The van der Waals surface area contributed by atoms with Crippen LogP contribution in [0, 0.1) is 18.6 Å². The van der Waals surface area contributed by atoms with Gasteiger partial charge in [-0.15, -0.1) is 10.2 Å². The number of hydrogen-bond donors (Lipinski definition) is 1. The zero-order valence-corrected chi connectivity index (χ0v) is 10.5. The fraction of sp³-hybridized carbons (Fsp3) is 0.385. The smallest absolute Gasteiger partial charge is 0.166 e. The van der Waals surface area contributed by atoms with Gasteiger partial charge in [0.15, 0.2) is 5.82 Å². The van der Waals surface area contributed by atoms with Gasteiger partial charge in [0.25, 0.3) is 0 Å². The number of halogens is 2. The topological polar surface area (TPSA) is 56.7 Å². The molecule has 1 atom stereocenters. The Labute approximate surface area is 109 Å². The molecule has 1 aromatic heterocycles. The summed E-state index contributed by atoms with van der Waals surface area (Å²) in [5.41, 5.74) is 6.57. The van der Waals surface area contributed by atoms with Gasteiger partial charge >= 0.3 is 0 Å². The van der Waals surface area contributed by atoms with Crippen molar-refractivity contribution in [3.63, 3.8) is 0 Å². The molecule has 0 saturated carbocycles. The maximum atomic E-state index is 13.9. The van der Waals surface area contributed by atoms with Crippen molar-refractivity contribution in [1.82, 2.24) is 14.8 Å². The highest BCUT2D eigenvalue weighted by Gasteiger charge is 2.23. The Morgan fingerprint density at radius 1 is 1.26 bits per heavy atom. The van der Waals surface area contributed by atoms with Crippen LogP contribution in [0.4, 0.5) is 8.78 Å². The first-order chi connectivity index (χ1) is 9.06. The molecule has 0 aliphatic carbocycles. The minimum absolute atomic E-state index is 0.0202. The molecule has 2 N–H and O–H groups in total. The summed E-state index contributed by atoms with van der Waals surface area (Å²) in [6.45, 7) is 2.16. The van der Waals surface area contributed by atoms with Crippen molar-refractivity contribution >= 4 is 0 Å². The van der Waals surface area contributed by atoms with Crippen LogP contribution in [0.2, 0.25) is 0 Å². The van der Waals surface area contributed by atoms with Gasteiger partial charge in [0.1, 0.15) is 17.5 Å². The van der Waals surface area contributed by atoms with Crippen molar-refractivity contribution in [3.05, 3.63) is 35.2 Å². The fourth-order valence-corrected chi connectivity index (χ4v) is 2.38. The van der Waals surface area contributed by atoms with Gasteiger partial charge in [0.05, 0.1) is 5.56 Å². The molecule has 4 nitrogen and oxygen atoms in total. The summed E-state index contributed by atoms with van der Waals surface area (Å²) in [5.74, 6) is 0.0395. The first kappa shape index (κ1) is 12.2. The zero-order valence-electron chi connectivity index (χ0n) is 10.5. The molecular formula is C13H14F2N4. The Hall–Kier alpha value is -1.82. The number of benzene rings is 1. The second-order valence-electron chi connectivity index (χ2n) is 4.93. The molecule has 2 heterocycles. The van der Waals surface area contributed by atoms with Crippen molar-refractivity contribution in [2.24, 2.45) is 5.73 Å². The lowest BCUT2D eigenvalue weighted by molar-refractivity contribution is 0.455. The largest absolute Gasteiger partial charge is 0.326 e. The van der Waals surface area contributed by atoms with E-state index in [0.717, 1.165) is 24.7 Å². The van der Waals surface area contributed by atoms with E-state index in [4.69, 9.17) is 5.73 Å². The van der Waals surface area contributed by atoms with Crippen molar-refractivity contribution in [3.8, 4) is 11.4 Å². The lowest BCUT2D eigenvalue weighted by Crippen LogP contribution is -2.32. The summed E-state index contributed by atoms with van der Waals surface area (Å²) in [7, 11) is 0. The van der Waals surface area contributed by atoms with Gasteiger partial charge in [0, 0.05) is 25.1 Å². The number of fused-ring (bicyclic) bond motifs is 1. The molecule has 0 saturated heterocycles. The number of aryl methyl sites for hydroxylation is 2. The van der Waals surface area contributed by atoms with Crippen molar-refractivity contribution in [2.75, 3.05) is 0 Å². The summed E-state index contributed by atoms with van der Waals surface area (Å²) in [6, 6.07) is 2.36. The molecule has 19 heavy (non-hydrogen) atoms. The minimum atomic E-state index is -0.627. The Kier molecular flexibility index (Phi) is 2.82. The maximum absolute atomic E-state index is 13.9. The number of rotatable bonds is 1. The van der Waals surface area contributed by atoms with Gasteiger partial charge in [-0.3, -0.25) is 0 Å². The van der Waals surface area contributed by atoms with Gasteiger partial charge in [-0.05, 0) is 25.0 Å². The van der Waals surface area contributed by atoms with Gasteiger partial charge in [-0.2, -0.15) is 0 Å². The van der Waals surface area contributed by atoms with Crippen molar-refractivity contribution < 1.29 is 8.78 Å². The first-order valence-electron chi connectivity index (χ1n) is 6.20. The summed E-state index contributed by atoms with van der Waals surface area (Å²) >= 11 is 0. The van der Waals surface area contributed by atoms with Crippen LogP contribution in [0.3, 0.4) is 0 Å². The van der Waals surface area contributed by atoms with E-state index in [1.807, 2.05) is 4.57 Å². The monoisotopic (exact) mass is 264 g/mol. The second-order valence-corrected chi connectivity index (χ2v) is 4.93. The summed E-state index contributed by atoms with van der Waals surface area (Å²) in [6.07, 6.45) is 1.58. The quantitative estimate of drug-likeness (QED) is 0.854. The van der Waals surface area contributed by atoms with Gasteiger partial charge in [0.2, 0.25) is 0 Å². The van der Waals surface area contributed by atoms with Crippen molar-refractivity contribution in [2.45, 2.75) is 32.4 Å². The van der Waals surface area contributed by atoms with E-state index in [2.05, 4.69) is 10.2 Å². The lowest BCUT2D eigenvalue weighted by atomic mass is 10.1. The summed E-state index contributed by atoms with van der Waals surface area (Å²) in [4.78, 5) is 0. The third-order valence-electron chi connectivity index (χ3n) is 3.47. The predicted octanol–water partition coefficient (Wildman–Crippen LogP) is 1.81. The second kappa shape index (κ2) is 4.38. The molecule has 100 valence electrons. The Balaban J connectivity index is 2.13. The normalized spacial score (nSPS) is 18.4. The third-order valence-corrected chi connectivity index (χ3v) is 3.47. The van der Waals surface area contributed by atoms with Gasteiger partial charge in [-0.25, -0.2) is 8.78 Å². The molecule has 0 bridgehead atoms. The zero-order chi connectivity index (χ0) is 13.6. The number of nitrogens with zero attached hydrogens (tertiary/aromatic N) is 3. The van der Waals surface area contributed by atoms with Crippen LogP contribution in [0.1, 0.15) is 17.8 Å². The molecule has 0 spiro atoms. The molecule has 6 heteroatoms. The van der Waals surface area contributed by atoms with Crippen LogP contribution in [0.25, 0.3) is 11.4 Å². The van der Waals surface area contributed by atoms with Crippen LogP contribution >= 0.6 is 0 Å². The first-order valence-corrected chi connectivity index (χ1v) is 6.20. The predicted molar refractivity (Wildman–Crippen MR) is 66.4 cm³/mol.